The molecule has 0 radical (unpaired) electrons. The van der Waals surface area contributed by atoms with E-state index in [1.54, 1.807) is 6.20 Å². The van der Waals surface area contributed by atoms with Crippen LogP contribution >= 0.6 is 0 Å². The SMILES string of the molecule is Cc1ccc(-c2cnnc(NCC3(N4CCOCC4)CCCCCC3)n2)o1. The first kappa shape index (κ1) is 18.4. The van der Waals surface area contributed by atoms with E-state index >= 15 is 0 Å². The predicted octanol–water partition coefficient (Wildman–Crippen LogP) is 3.28. The molecule has 146 valence electrons. The number of aryl methyl sites for hydroxylation is 1. The van der Waals surface area contributed by atoms with Crippen molar-refractivity contribution in [1.29, 1.82) is 0 Å². The van der Waals surface area contributed by atoms with E-state index in [-0.39, 0.29) is 5.54 Å². The van der Waals surface area contributed by atoms with Crippen molar-refractivity contribution < 1.29 is 9.15 Å². The maximum absolute atomic E-state index is 5.67. The summed E-state index contributed by atoms with van der Waals surface area (Å²) >= 11 is 0. The van der Waals surface area contributed by atoms with Crippen molar-refractivity contribution in [2.75, 3.05) is 38.2 Å². The molecule has 0 unspecified atom stereocenters. The average Bonchev–Trinajstić information content (AvgIpc) is 3.01. The summed E-state index contributed by atoms with van der Waals surface area (Å²) in [6.45, 7) is 6.43. The van der Waals surface area contributed by atoms with Gasteiger partial charge in [0.2, 0.25) is 5.95 Å². The summed E-state index contributed by atoms with van der Waals surface area (Å²) in [5.41, 5.74) is 0.864. The Morgan fingerprint density at radius 3 is 2.59 bits per heavy atom. The van der Waals surface area contributed by atoms with E-state index in [1.807, 2.05) is 19.1 Å². The van der Waals surface area contributed by atoms with Crippen LogP contribution < -0.4 is 5.32 Å². The van der Waals surface area contributed by atoms with E-state index in [1.165, 1.54) is 38.5 Å². The van der Waals surface area contributed by atoms with Gasteiger partial charge in [-0.25, -0.2) is 4.98 Å². The van der Waals surface area contributed by atoms with Crippen molar-refractivity contribution in [3.05, 3.63) is 24.1 Å². The summed E-state index contributed by atoms with van der Waals surface area (Å²) in [5, 5.41) is 11.8. The Labute approximate surface area is 160 Å². The van der Waals surface area contributed by atoms with Gasteiger partial charge in [0.15, 0.2) is 5.76 Å². The number of furan rings is 1. The first-order chi connectivity index (χ1) is 13.3. The Balaban J connectivity index is 1.50. The highest BCUT2D eigenvalue weighted by Gasteiger charge is 2.37. The standard InChI is InChI=1S/C20H29N5O2/c1-16-6-7-18(27-16)17-14-22-24-19(23-17)21-15-20(8-4-2-3-5-9-20)25-10-12-26-13-11-25/h6-7,14H,2-5,8-13,15H2,1H3,(H,21,23,24). The molecule has 1 aliphatic carbocycles. The Kier molecular flexibility index (Phi) is 5.69. The van der Waals surface area contributed by atoms with Gasteiger partial charge in [-0.2, -0.15) is 5.10 Å². The molecule has 1 saturated carbocycles. The van der Waals surface area contributed by atoms with Crippen LogP contribution in [-0.4, -0.2) is 58.5 Å². The average molecular weight is 371 g/mol. The maximum Gasteiger partial charge on any atom is 0.243 e. The first-order valence-electron chi connectivity index (χ1n) is 10.1. The quantitative estimate of drug-likeness (QED) is 0.808. The molecule has 7 nitrogen and oxygen atoms in total. The van der Waals surface area contributed by atoms with Crippen molar-refractivity contribution in [2.45, 2.75) is 51.0 Å². The molecule has 4 rings (SSSR count). The van der Waals surface area contributed by atoms with Crippen molar-refractivity contribution in [3.8, 4) is 11.5 Å². The molecule has 27 heavy (non-hydrogen) atoms. The second kappa shape index (κ2) is 8.35. The van der Waals surface area contributed by atoms with Crippen molar-refractivity contribution in [1.82, 2.24) is 20.1 Å². The zero-order chi connectivity index (χ0) is 18.5. The molecule has 2 aliphatic rings. The van der Waals surface area contributed by atoms with Gasteiger partial charge in [0.05, 0.1) is 19.4 Å². The third-order valence-electron chi connectivity index (χ3n) is 5.84. The maximum atomic E-state index is 5.67. The van der Waals surface area contributed by atoms with Gasteiger partial charge in [-0.3, -0.25) is 4.90 Å². The lowest BCUT2D eigenvalue weighted by atomic mass is 9.87. The molecule has 0 atom stereocenters. The van der Waals surface area contributed by atoms with E-state index in [2.05, 4.69) is 25.4 Å². The smallest absolute Gasteiger partial charge is 0.243 e. The summed E-state index contributed by atoms with van der Waals surface area (Å²) < 4.78 is 11.3. The Morgan fingerprint density at radius 1 is 1.11 bits per heavy atom. The molecule has 3 heterocycles. The Hall–Kier alpha value is -1.99. The number of hydrogen-bond acceptors (Lipinski definition) is 7. The molecular weight excluding hydrogens is 342 g/mol. The molecule has 2 fully saturated rings. The van der Waals surface area contributed by atoms with Crippen LogP contribution in [0.4, 0.5) is 5.95 Å². The summed E-state index contributed by atoms with van der Waals surface area (Å²) in [6, 6.07) is 3.85. The van der Waals surface area contributed by atoms with Crippen LogP contribution in [0.3, 0.4) is 0 Å². The van der Waals surface area contributed by atoms with E-state index in [4.69, 9.17) is 9.15 Å². The van der Waals surface area contributed by atoms with Crippen molar-refractivity contribution in [2.24, 2.45) is 0 Å². The van der Waals surface area contributed by atoms with E-state index < -0.39 is 0 Å². The number of hydrogen-bond donors (Lipinski definition) is 1. The molecule has 7 heteroatoms. The van der Waals surface area contributed by atoms with Crippen LogP contribution in [0.1, 0.15) is 44.3 Å². The highest BCUT2D eigenvalue weighted by atomic mass is 16.5. The molecule has 0 spiro atoms. The lowest BCUT2D eigenvalue weighted by Gasteiger charge is -2.45. The van der Waals surface area contributed by atoms with Crippen LogP contribution in [0.2, 0.25) is 0 Å². The molecule has 1 saturated heterocycles. The summed E-state index contributed by atoms with van der Waals surface area (Å²) in [5.74, 6) is 2.16. The van der Waals surface area contributed by atoms with Gasteiger partial charge in [-0.05, 0) is 31.9 Å². The largest absolute Gasteiger partial charge is 0.460 e. The van der Waals surface area contributed by atoms with Crippen LogP contribution in [0.5, 0.6) is 0 Å². The highest BCUT2D eigenvalue weighted by molar-refractivity contribution is 5.52. The minimum atomic E-state index is 0.154. The summed E-state index contributed by atoms with van der Waals surface area (Å²) in [7, 11) is 0. The third-order valence-corrected chi connectivity index (χ3v) is 5.84. The number of nitrogens with zero attached hydrogens (tertiary/aromatic N) is 4. The van der Waals surface area contributed by atoms with Crippen LogP contribution in [0.15, 0.2) is 22.7 Å². The highest BCUT2D eigenvalue weighted by Crippen LogP contribution is 2.33. The predicted molar refractivity (Wildman–Crippen MR) is 104 cm³/mol. The Bertz CT molecular complexity index is 733. The van der Waals surface area contributed by atoms with E-state index in [0.29, 0.717) is 11.6 Å². The molecule has 2 aromatic heterocycles. The number of rotatable bonds is 5. The number of aromatic nitrogens is 3. The monoisotopic (exact) mass is 371 g/mol. The second-order valence-corrected chi connectivity index (χ2v) is 7.67. The fourth-order valence-electron chi connectivity index (χ4n) is 4.34. The van der Waals surface area contributed by atoms with Crippen molar-refractivity contribution in [3.63, 3.8) is 0 Å². The van der Waals surface area contributed by atoms with Gasteiger partial charge >= 0.3 is 0 Å². The molecule has 2 aromatic rings. The van der Waals surface area contributed by atoms with E-state index in [0.717, 1.165) is 44.4 Å². The number of anilines is 1. The first-order valence-corrected chi connectivity index (χ1v) is 10.1. The van der Waals surface area contributed by atoms with Gasteiger partial charge in [0.25, 0.3) is 0 Å². The number of morpholine rings is 1. The second-order valence-electron chi connectivity index (χ2n) is 7.67. The minimum absolute atomic E-state index is 0.154. The zero-order valence-corrected chi connectivity index (χ0v) is 16.1. The molecule has 0 bridgehead atoms. The molecule has 1 N–H and O–H groups in total. The Morgan fingerprint density at radius 2 is 1.89 bits per heavy atom. The third kappa shape index (κ3) is 4.30. The molecule has 0 amide bonds. The van der Waals surface area contributed by atoms with Gasteiger partial charge in [0.1, 0.15) is 11.5 Å². The minimum Gasteiger partial charge on any atom is -0.460 e. The topological polar surface area (TPSA) is 76.3 Å². The summed E-state index contributed by atoms with van der Waals surface area (Å²) in [6.07, 6.45) is 9.30. The molecule has 1 aliphatic heterocycles. The summed E-state index contributed by atoms with van der Waals surface area (Å²) in [4.78, 5) is 7.25. The van der Waals surface area contributed by atoms with Gasteiger partial charge in [0, 0.05) is 25.2 Å². The van der Waals surface area contributed by atoms with E-state index in [9.17, 15) is 0 Å². The fraction of sp³-hybridized carbons (Fsp3) is 0.650. The number of nitrogens with one attached hydrogen (secondary N) is 1. The number of ether oxygens (including phenoxy) is 1. The van der Waals surface area contributed by atoms with Crippen LogP contribution in [0.25, 0.3) is 11.5 Å². The van der Waals surface area contributed by atoms with Crippen LogP contribution in [-0.2, 0) is 4.74 Å². The molecular formula is C20H29N5O2. The lowest BCUT2D eigenvalue weighted by Crippen LogP contribution is -2.57. The van der Waals surface area contributed by atoms with Gasteiger partial charge < -0.3 is 14.5 Å². The van der Waals surface area contributed by atoms with Crippen molar-refractivity contribution >= 4 is 5.95 Å². The molecule has 0 aromatic carbocycles. The van der Waals surface area contributed by atoms with Gasteiger partial charge in [-0.15, -0.1) is 5.10 Å². The lowest BCUT2D eigenvalue weighted by molar-refractivity contribution is -0.0240. The zero-order valence-electron chi connectivity index (χ0n) is 16.1. The fourth-order valence-corrected chi connectivity index (χ4v) is 4.34. The van der Waals surface area contributed by atoms with Crippen LogP contribution in [0, 0.1) is 6.92 Å². The normalized spacial score (nSPS) is 20.9. The van der Waals surface area contributed by atoms with Gasteiger partial charge in [-0.1, -0.05) is 25.7 Å².